The second-order valence-corrected chi connectivity index (χ2v) is 6.65. The van der Waals surface area contributed by atoms with E-state index in [-0.39, 0.29) is 18.4 Å². The van der Waals surface area contributed by atoms with Crippen LogP contribution < -0.4 is 5.32 Å². The Balaban J connectivity index is 1.53. The van der Waals surface area contributed by atoms with Gasteiger partial charge in [0.1, 0.15) is 5.69 Å². The minimum atomic E-state index is -4.45. The summed E-state index contributed by atoms with van der Waals surface area (Å²) in [5.41, 5.74) is 0.853. The molecule has 2 heterocycles. The molecular formula is C16H20F3N5O. The molecule has 1 fully saturated rings. The highest BCUT2D eigenvalue weighted by atomic mass is 19.4. The number of nitrogens with one attached hydrogen (secondary N) is 2. The van der Waals surface area contributed by atoms with Gasteiger partial charge in [-0.05, 0) is 37.8 Å². The number of halogens is 3. The summed E-state index contributed by atoms with van der Waals surface area (Å²) in [5.74, 6) is 0.118. The van der Waals surface area contributed by atoms with Gasteiger partial charge in [0.25, 0.3) is 5.91 Å². The number of carbonyl (C=O) groups excluding carboxylic acids is 1. The van der Waals surface area contributed by atoms with Gasteiger partial charge >= 0.3 is 6.18 Å². The van der Waals surface area contributed by atoms with Crippen molar-refractivity contribution < 1.29 is 18.0 Å². The van der Waals surface area contributed by atoms with Crippen LogP contribution in [0.25, 0.3) is 0 Å². The summed E-state index contributed by atoms with van der Waals surface area (Å²) in [7, 11) is 0. The van der Waals surface area contributed by atoms with E-state index in [1.165, 1.54) is 4.68 Å². The maximum Gasteiger partial charge on any atom is 0.435 e. The van der Waals surface area contributed by atoms with Crippen molar-refractivity contribution in [1.29, 1.82) is 0 Å². The van der Waals surface area contributed by atoms with Gasteiger partial charge in [-0.15, -0.1) is 0 Å². The maximum atomic E-state index is 12.7. The predicted molar refractivity (Wildman–Crippen MR) is 84.0 cm³/mol. The van der Waals surface area contributed by atoms with Crippen LogP contribution in [0.3, 0.4) is 0 Å². The molecule has 2 aromatic rings. The van der Waals surface area contributed by atoms with Gasteiger partial charge in [-0.1, -0.05) is 6.92 Å². The number of hydrogen-bond acceptors (Lipinski definition) is 3. The van der Waals surface area contributed by atoms with Gasteiger partial charge in [-0.2, -0.15) is 23.4 Å². The average molecular weight is 355 g/mol. The standard InChI is InChI=1S/C16H20F3N5O/c1-9(8-24-10(2)5-14(23-24)16(17,18)19)7-20-15(25)13-6-12(21-22-13)11-3-4-11/h5-6,9,11H,3-4,7-8H2,1-2H3,(H,20,25)(H,21,22). The van der Waals surface area contributed by atoms with E-state index in [2.05, 4.69) is 20.6 Å². The first-order valence-electron chi connectivity index (χ1n) is 8.19. The number of H-pyrrole nitrogens is 1. The van der Waals surface area contributed by atoms with E-state index >= 15 is 0 Å². The van der Waals surface area contributed by atoms with Gasteiger partial charge in [-0.3, -0.25) is 14.6 Å². The Hall–Kier alpha value is -2.32. The Labute approximate surface area is 142 Å². The molecule has 0 bridgehead atoms. The summed E-state index contributed by atoms with van der Waals surface area (Å²) in [6, 6.07) is 2.78. The Morgan fingerprint density at radius 3 is 2.76 bits per heavy atom. The molecule has 0 saturated heterocycles. The summed E-state index contributed by atoms with van der Waals surface area (Å²) in [6.45, 7) is 4.03. The lowest BCUT2D eigenvalue weighted by Crippen LogP contribution is -2.30. The first-order chi connectivity index (χ1) is 11.7. The van der Waals surface area contributed by atoms with Crippen molar-refractivity contribution in [2.24, 2.45) is 5.92 Å². The topological polar surface area (TPSA) is 75.6 Å². The molecule has 136 valence electrons. The number of carbonyl (C=O) groups is 1. The summed E-state index contributed by atoms with van der Waals surface area (Å²) in [4.78, 5) is 12.1. The number of aromatic amines is 1. The van der Waals surface area contributed by atoms with Crippen molar-refractivity contribution in [3.8, 4) is 0 Å². The monoisotopic (exact) mass is 355 g/mol. The van der Waals surface area contributed by atoms with Gasteiger partial charge in [0.2, 0.25) is 0 Å². The molecule has 25 heavy (non-hydrogen) atoms. The van der Waals surface area contributed by atoms with Crippen LogP contribution in [0.4, 0.5) is 13.2 Å². The molecule has 0 radical (unpaired) electrons. The molecule has 9 heteroatoms. The fourth-order valence-electron chi connectivity index (χ4n) is 2.61. The van der Waals surface area contributed by atoms with Crippen LogP contribution in [0.15, 0.2) is 12.1 Å². The smallest absolute Gasteiger partial charge is 0.350 e. The summed E-state index contributed by atoms with van der Waals surface area (Å²) >= 11 is 0. The second kappa shape index (κ2) is 6.53. The zero-order chi connectivity index (χ0) is 18.2. The Kier molecular flexibility index (Phi) is 4.57. The first-order valence-corrected chi connectivity index (χ1v) is 8.19. The molecule has 1 atom stereocenters. The number of nitrogens with zero attached hydrogens (tertiary/aromatic N) is 3. The number of rotatable bonds is 6. The number of hydrogen-bond donors (Lipinski definition) is 2. The number of aryl methyl sites for hydroxylation is 1. The molecule has 1 amide bonds. The fraction of sp³-hybridized carbons (Fsp3) is 0.562. The Bertz CT molecular complexity index is 760. The molecule has 0 spiro atoms. The van der Waals surface area contributed by atoms with Crippen molar-refractivity contribution in [1.82, 2.24) is 25.3 Å². The van der Waals surface area contributed by atoms with Crippen LogP contribution in [0, 0.1) is 12.8 Å². The van der Waals surface area contributed by atoms with Crippen molar-refractivity contribution in [3.05, 3.63) is 34.9 Å². The lowest BCUT2D eigenvalue weighted by atomic mass is 10.1. The van der Waals surface area contributed by atoms with Crippen molar-refractivity contribution in [2.45, 2.75) is 45.3 Å². The minimum absolute atomic E-state index is 0.0783. The molecule has 1 unspecified atom stereocenters. The van der Waals surface area contributed by atoms with E-state index in [1.807, 2.05) is 6.92 Å². The normalized spacial score (nSPS) is 16.0. The van der Waals surface area contributed by atoms with Crippen molar-refractivity contribution in [2.75, 3.05) is 6.54 Å². The lowest BCUT2D eigenvalue weighted by Gasteiger charge is -2.13. The van der Waals surface area contributed by atoms with Gasteiger partial charge in [-0.25, -0.2) is 0 Å². The maximum absolute atomic E-state index is 12.7. The first kappa shape index (κ1) is 17.5. The van der Waals surface area contributed by atoms with Crippen LogP contribution >= 0.6 is 0 Å². The zero-order valence-electron chi connectivity index (χ0n) is 14.0. The van der Waals surface area contributed by atoms with E-state index in [4.69, 9.17) is 0 Å². The highest BCUT2D eigenvalue weighted by Gasteiger charge is 2.34. The van der Waals surface area contributed by atoms with Gasteiger partial charge in [0.05, 0.1) is 0 Å². The third-order valence-electron chi connectivity index (χ3n) is 4.21. The molecule has 2 aromatic heterocycles. The molecule has 3 rings (SSSR count). The molecule has 1 aliphatic rings. The summed E-state index contributed by atoms with van der Waals surface area (Å²) in [6.07, 6.45) is -2.22. The van der Waals surface area contributed by atoms with Gasteiger partial charge < -0.3 is 5.32 Å². The van der Waals surface area contributed by atoms with Crippen LogP contribution in [-0.2, 0) is 12.7 Å². The van der Waals surface area contributed by atoms with Crippen LogP contribution in [-0.4, -0.2) is 32.4 Å². The molecule has 0 aromatic carbocycles. The second-order valence-electron chi connectivity index (χ2n) is 6.65. The van der Waals surface area contributed by atoms with E-state index < -0.39 is 11.9 Å². The molecule has 1 saturated carbocycles. The molecule has 1 aliphatic carbocycles. The summed E-state index contributed by atoms with van der Waals surface area (Å²) < 4.78 is 39.4. The number of aromatic nitrogens is 4. The third kappa shape index (κ3) is 4.21. The molecular weight excluding hydrogens is 335 g/mol. The van der Waals surface area contributed by atoms with E-state index in [9.17, 15) is 18.0 Å². The van der Waals surface area contributed by atoms with Crippen molar-refractivity contribution in [3.63, 3.8) is 0 Å². The molecule has 0 aliphatic heterocycles. The predicted octanol–water partition coefficient (Wildman–Crippen LogP) is 2.88. The molecule has 6 nitrogen and oxygen atoms in total. The SMILES string of the molecule is Cc1cc(C(F)(F)F)nn1CC(C)CNC(=O)c1cc(C2CC2)[nH]n1. The van der Waals surface area contributed by atoms with Crippen LogP contribution in [0.2, 0.25) is 0 Å². The quantitative estimate of drug-likeness (QED) is 0.837. The average Bonchev–Trinajstić information content (AvgIpc) is 3.14. The van der Waals surface area contributed by atoms with E-state index in [0.29, 0.717) is 23.9 Å². The number of alkyl halides is 3. The van der Waals surface area contributed by atoms with Gasteiger partial charge in [0.15, 0.2) is 5.69 Å². The van der Waals surface area contributed by atoms with Crippen molar-refractivity contribution >= 4 is 5.91 Å². The minimum Gasteiger partial charge on any atom is -0.350 e. The fourth-order valence-corrected chi connectivity index (χ4v) is 2.61. The highest BCUT2D eigenvalue weighted by molar-refractivity contribution is 5.92. The van der Waals surface area contributed by atoms with Gasteiger partial charge in [0, 0.05) is 30.4 Å². The number of amides is 1. The molecule has 2 N–H and O–H groups in total. The largest absolute Gasteiger partial charge is 0.435 e. The summed E-state index contributed by atoms with van der Waals surface area (Å²) in [5, 5.41) is 13.2. The van der Waals surface area contributed by atoms with Crippen LogP contribution in [0.1, 0.15) is 53.3 Å². The lowest BCUT2D eigenvalue weighted by molar-refractivity contribution is -0.141. The zero-order valence-corrected chi connectivity index (χ0v) is 14.0. The van der Waals surface area contributed by atoms with E-state index in [0.717, 1.165) is 24.6 Å². The highest BCUT2D eigenvalue weighted by Crippen LogP contribution is 2.38. The Morgan fingerprint density at radius 1 is 1.44 bits per heavy atom. The van der Waals surface area contributed by atoms with Crippen LogP contribution in [0.5, 0.6) is 0 Å². The Morgan fingerprint density at radius 2 is 2.16 bits per heavy atom. The third-order valence-corrected chi connectivity index (χ3v) is 4.21. The van der Waals surface area contributed by atoms with E-state index in [1.54, 1.807) is 13.0 Å².